The maximum Gasteiger partial charge on any atom is 1.00 e. The molecule has 0 N–H and O–H groups in total. The third-order valence-electron chi connectivity index (χ3n) is 1.59. The zero-order chi connectivity index (χ0) is 8.69. The second kappa shape index (κ2) is 9.85. The van der Waals surface area contributed by atoms with E-state index in [0.717, 1.165) is 19.3 Å². The Morgan fingerprint density at radius 3 is 2.50 bits per heavy atom. The Balaban J connectivity index is 0. The largest absolute Gasteiger partial charge is 1.00 e. The van der Waals surface area contributed by atoms with Gasteiger partial charge in [-0.3, -0.25) is 0 Å². The molecule has 0 saturated heterocycles. The smallest absolute Gasteiger partial charge is 0.550 e. The minimum absolute atomic E-state index is 0. The van der Waals surface area contributed by atoms with E-state index < -0.39 is 5.97 Å². The van der Waals surface area contributed by atoms with Crippen molar-refractivity contribution in [1.29, 1.82) is 0 Å². The van der Waals surface area contributed by atoms with Crippen LogP contribution in [0.2, 0.25) is 0 Å². The molecule has 4 heteroatoms. The van der Waals surface area contributed by atoms with Crippen LogP contribution >= 0.6 is 11.6 Å². The van der Waals surface area contributed by atoms with Crippen LogP contribution in [-0.4, -0.2) is 11.3 Å². The molecule has 0 aliphatic rings. The first-order valence-electron chi connectivity index (χ1n) is 4.00. The summed E-state index contributed by atoms with van der Waals surface area (Å²) in [6, 6.07) is 0. The monoisotopic (exact) mass is 200 g/mol. The normalized spacial score (nSPS) is 11.8. The number of hydrogen-bond donors (Lipinski definition) is 0. The molecule has 0 bridgehead atoms. The minimum Gasteiger partial charge on any atom is -0.550 e. The van der Waals surface area contributed by atoms with Gasteiger partial charge in [0, 0.05) is 11.3 Å². The van der Waals surface area contributed by atoms with E-state index in [1.807, 2.05) is 6.92 Å². The molecule has 0 radical (unpaired) electrons. The molecule has 0 aliphatic carbocycles. The Kier molecular flexibility index (Phi) is 12.5. The number of carbonyl (C=O) groups excluding carboxylic acids is 1. The molecule has 0 aliphatic heterocycles. The maximum atomic E-state index is 9.97. The van der Waals surface area contributed by atoms with Crippen molar-refractivity contribution in [3.05, 3.63) is 0 Å². The van der Waals surface area contributed by atoms with Gasteiger partial charge >= 0.3 is 29.6 Å². The Morgan fingerprint density at radius 1 is 1.50 bits per heavy atom. The van der Waals surface area contributed by atoms with E-state index in [0.29, 0.717) is 6.42 Å². The third-order valence-corrected chi connectivity index (χ3v) is 2.12. The van der Waals surface area contributed by atoms with Gasteiger partial charge in [0.25, 0.3) is 0 Å². The standard InChI is InChI=1S/C8H15ClO2.Na/c1-2-7(9)5-3-4-6-8(10)11;/h7H,2-6H2,1H3,(H,10,11);/q;+1/p-1. The summed E-state index contributed by atoms with van der Waals surface area (Å²) in [6.07, 6.45) is 3.59. The van der Waals surface area contributed by atoms with Crippen LogP contribution in [-0.2, 0) is 4.79 Å². The van der Waals surface area contributed by atoms with Crippen molar-refractivity contribution in [2.24, 2.45) is 0 Å². The van der Waals surface area contributed by atoms with E-state index in [2.05, 4.69) is 0 Å². The molecule has 0 heterocycles. The molecular weight excluding hydrogens is 187 g/mol. The van der Waals surface area contributed by atoms with Gasteiger partial charge in [0.05, 0.1) is 0 Å². The topological polar surface area (TPSA) is 40.1 Å². The zero-order valence-corrected chi connectivity index (χ0v) is 10.6. The quantitative estimate of drug-likeness (QED) is 0.292. The van der Waals surface area contributed by atoms with Gasteiger partial charge in [-0.2, -0.15) is 0 Å². The molecule has 0 fully saturated rings. The number of carbonyl (C=O) groups is 1. The third kappa shape index (κ3) is 10.8. The number of alkyl halides is 1. The molecule has 12 heavy (non-hydrogen) atoms. The fraction of sp³-hybridized carbons (Fsp3) is 0.875. The summed E-state index contributed by atoms with van der Waals surface area (Å²) in [5, 5.41) is 10.2. The van der Waals surface area contributed by atoms with Crippen molar-refractivity contribution >= 4 is 17.6 Å². The molecule has 1 unspecified atom stereocenters. The van der Waals surface area contributed by atoms with Gasteiger partial charge in [0.15, 0.2) is 0 Å². The van der Waals surface area contributed by atoms with Crippen molar-refractivity contribution in [2.75, 3.05) is 0 Å². The first-order valence-corrected chi connectivity index (χ1v) is 4.44. The number of carboxylic acid groups (broad SMARTS) is 1. The molecule has 0 aromatic rings. The minimum atomic E-state index is -0.965. The fourth-order valence-electron chi connectivity index (χ4n) is 0.839. The summed E-state index contributed by atoms with van der Waals surface area (Å²) in [6.45, 7) is 2.02. The van der Waals surface area contributed by atoms with Crippen molar-refractivity contribution in [2.45, 2.75) is 44.4 Å². The number of carboxylic acids is 1. The number of unbranched alkanes of at least 4 members (excludes halogenated alkanes) is 1. The van der Waals surface area contributed by atoms with Crippen LogP contribution in [0.15, 0.2) is 0 Å². The van der Waals surface area contributed by atoms with Crippen molar-refractivity contribution in [3.63, 3.8) is 0 Å². The van der Waals surface area contributed by atoms with E-state index in [-0.39, 0.29) is 41.4 Å². The van der Waals surface area contributed by atoms with Crippen molar-refractivity contribution in [1.82, 2.24) is 0 Å². The molecule has 0 spiro atoms. The van der Waals surface area contributed by atoms with Crippen LogP contribution < -0.4 is 34.7 Å². The van der Waals surface area contributed by atoms with Gasteiger partial charge in [0.2, 0.25) is 0 Å². The molecule has 0 aromatic carbocycles. The molecule has 1 atom stereocenters. The van der Waals surface area contributed by atoms with E-state index in [1.54, 1.807) is 0 Å². The van der Waals surface area contributed by atoms with E-state index >= 15 is 0 Å². The molecule has 0 saturated carbocycles. The molecule has 0 amide bonds. The summed E-state index contributed by atoms with van der Waals surface area (Å²) in [5.41, 5.74) is 0. The van der Waals surface area contributed by atoms with Crippen molar-refractivity contribution in [3.8, 4) is 0 Å². The predicted octanol–water partition coefficient (Wildman–Crippen LogP) is -1.68. The Hall–Kier alpha value is 0.760. The Labute approximate surface area is 101 Å². The summed E-state index contributed by atoms with van der Waals surface area (Å²) in [7, 11) is 0. The van der Waals surface area contributed by atoms with E-state index in [9.17, 15) is 9.90 Å². The molecule has 0 rings (SSSR count). The number of aliphatic carboxylic acids is 1. The van der Waals surface area contributed by atoms with Gasteiger partial charge < -0.3 is 9.90 Å². The van der Waals surface area contributed by atoms with Crippen LogP contribution in [0.5, 0.6) is 0 Å². The molecule has 0 aromatic heterocycles. The molecule has 2 nitrogen and oxygen atoms in total. The van der Waals surface area contributed by atoms with Crippen LogP contribution in [0.4, 0.5) is 0 Å². The second-order valence-electron chi connectivity index (χ2n) is 2.62. The second-order valence-corrected chi connectivity index (χ2v) is 3.24. The van der Waals surface area contributed by atoms with Crippen LogP contribution in [0.3, 0.4) is 0 Å². The maximum absolute atomic E-state index is 9.97. The van der Waals surface area contributed by atoms with Gasteiger partial charge in [-0.15, -0.1) is 11.6 Å². The van der Waals surface area contributed by atoms with Crippen LogP contribution in [0, 0.1) is 0 Å². The van der Waals surface area contributed by atoms with E-state index in [4.69, 9.17) is 11.6 Å². The van der Waals surface area contributed by atoms with Gasteiger partial charge in [-0.05, 0) is 25.7 Å². The summed E-state index contributed by atoms with van der Waals surface area (Å²) in [4.78, 5) is 9.97. The first kappa shape index (κ1) is 15.2. The fourth-order valence-corrected chi connectivity index (χ4v) is 0.994. The van der Waals surface area contributed by atoms with E-state index in [1.165, 1.54) is 0 Å². The number of rotatable bonds is 6. The average molecular weight is 201 g/mol. The first-order chi connectivity index (χ1) is 5.16. The average Bonchev–Trinajstić information content (AvgIpc) is 1.97. The summed E-state index contributed by atoms with van der Waals surface area (Å²) >= 11 is 5.82. The SMILES string of the molecule is CCC(Cl)CCCCC(=O)[O-].[Na+]. The Bertz CT molecular complexity index is 120. The number of hydrogen-bond acceptors (Lipinski definition) is 2. The predicted molar refractivity (Wildman–Crippen MR) is 43.4 cm³/mol. The molecule has 66 valence electrons. The van der Waals surface area contributed by atoms with Crippen LogP contribution in [0.25, 0.3) is 0 Å². The van der Waals surface area contributed by atoms with Crippen molar-refractivity contribution < 1.29 is 39.5 Å². The van der Waals surface area contributed by atoms with Crippen LogP contribution in [0.1, 0.15) is 39.0 Å². The van der Waals surface area contributed by atoms with Gasteiger partial charge in [-0.1, -0.05) is 13.3 Å². The van der Waals surface area contributed by atoms with Gasteiger partial charge in [0.1, 0.15) is 0 Å². The zero-order valence-electron chi connectivity index (χ0n) is 7.81. The summed E-state index contributed by atoms with van der Waals surface area (Å²) in [5.74, 6) is -0.965. The summed E-state index contributed by atoms with van der Waals surface area (Å²) < 4.78 is 0. The van der Waals surface area contributed by atoms with Gasteiger partial charge in [-0.25, -0.2) is 0 Å². The Morgan fingerprint density at radius 2 is 2.08 bits per heavy atom. The number of halogens is 1. The molecular formula is C8H14ClNaO2.